The van der Waals surface area contributed by atoms with Gasteiger partial charge in [-0.05, 0) is 30.9 Å². The monoisotopic (exact) mass is 409 g/mol. The second-order valence-electron chi connectivity index (χ2n) is 6.22. The van der Waals surface area contributed by atoms with Crippen molar-refractivity contribution in [2.75, 3.05) is 11.7 Å². The number of nitrogens with two attached hydrogens (primary N) is 2. The molecule has 27 heavy (non-hydrogen) atoms. The summed E-state index contributed by atoms with van der Waals surface area (Å²) in [5.41, 5.74) is 1.01. The Morgan fingerprint density at radius 2 is 1.48 bits per heavy atom. The Hall–Kier alpha value is -2.54. The van der Waals surface area contributed by atoms with Crippen LogP contribution < -0.4 is 11.7 Å². The molecule has 13 heteroatoms. The van der Waals surface area contributed by atoms with E-state index in [1.165, 1.54) is 35.0 Å². The van der Waals surface area contributed by atoms with Gasteiger partial charge in [-0.3, -0.25) is 0 Å². The first kappa shape index (κ1) is 19.2. The van der Waals surface area contributed by atoms with Gasteiger partial charge in [0.15, 0.2) is 5.69 Å². The maximum absolute atomic E-state index is 6.03. The fourth-order valence-corrected chi connectivity index (χ4v) is 3.09. The van der Waals surface area contributed by atoms with Gasteiger partial charge in [0.2, 0.25) is 21.2 Å². The predicted octanol–water partition coefficient (Wildman–Crippen LogP) is 1.91. The van der Waals surface area contributed by atoms with E-state index in [2.05, 4.69) is 37.6 Å². The van der Waals surface area contributed by atoms with E-state index >= 15 is 0 Å². The number of H-pyrrole nitrogens is 2. The number of nitrogens with one attached hydrogen (secondary N) is 2. The SMILES string of the molecule is CCCCCCCCn1nnc(-c2n[nH]c(=S)n2N)c1-c1n[nH]c(=S)n1N. The molecule has 146 valence electrons. The van der Waals surface area contributed by atoms with Crippen molar-refractivity contribution in [1.82, 2.24) is 44.7 Å². The van der Waals surface area contributed by atoms with Crippen LogP contribution in [-0.2, 0) is 6.54 Å². The summed E-state index contributed by atoms with van der Waals surface area (Å²) in [5, 5.41) is 22.2. The van der Waals surface area contributed by atoms with Crippen molar-refractivity contribution in [2.45, 2.75) is 52.0 Å². The first-order valence-corrected chi connectivity index (χ1v) is 9.65. The van der Waals surface area contributed by atoms with Gasteiger partial charge in [-0.1, -0.05) is 44.2 Å². The standard InChI is InChI=1S/C14H23N11S2/c1-2-3-4-5-6-7-8-23-10(12-19-21-14(27)25(12)16)9(17-22-23)11-18-20-13(26)24(11)15/h2-8,15-16H2,1H3,(H,20,26)(H,21,27). The Labute approximate surface area is 165 Å². The van der Waals surface area contributed by atoms with Crippen LogP contribution >= 0.6 is 24.4 Å². The highest BCUT2D eigenvalue weighted by molar-refractivity contribution is 7.71. The number of aryl methyl sites for hydroxylation is 1. The lowest BCUT2D eigenvalue weighted by Gasteiger charge is -2.07. The highest BCUT2D eigenvalue weighted by atomic mass is 32.1. The van der Waals surface area contributed by atoms with Crippen LogP contribution in [0.4, 0.5) is 0 Å². The molecule has 0 atom stereocenters. The molecular weight excluding hydrogens is 386 g/mol. The van der Waals surface area contributed by atoms with Gasteiger partial charge in [-0.25, -0.2) is 24.2 Å². The molecular formula is C14H23N11S2. The van der Waals surface area contributed by atoms with Gasteiger partial charge in [-0.15, -0.1) is 5.10 Å². The number of nitrogens with zero attached hydrogens (tertiary/aromatic N) is 7. The fourth-order valence-electron chi connectivity index (χ4n) is 2.83. The second-order valence-corrected chi connectivity index (χ2v) is 7.00. The van der Waals surface area contributed by atoms with Crippen molar-refractivity contribution < 1.29 is 0 Å². The molecule has 11 nitrogen and oxygen atoms in total. The van der Waals surface area contributed by atoms with Gasteiger partial charge in [0, 0.05) is 6.54 Å². The maximum Gasteiger partial charge on any atom is 0.214 e. The molecule has 0 aliphatic heterocycles. The minimum absolute atomic E-state index is 0.271. The summed E-state index contributed by atoms with van der Waals surface area (Å²) in [7, 11) is 0. The minimum atomic E-state index is 0.271. The first-order valence-electron chi connectivity index (χ1n) is 8.83. The molecule has 0 saturated carbocycles. The highest BCUT2D eigenvalue weighted by Gasteiger charge is 2.24. The van der Waals surface area contributed by atoms with Crippen molar-refractivity contribution in [3.05, 3.63) is 9.54 Å². The Balaban J connectivity index is 1.92. The Kier molecular flexibility index (Phi) is 6.01. The van der Waals surface area contributed by atoms with E-state index in [1.807, 2.05) is 0 Å². The number of unbranched alkanes of at least 4 members (excludes halogenated alkanes) is 5. The number of hydrogen-bond donors (Lipinski definition) is 4. The van der Waals surface area contributed by atoms with E-state index in [1.54, 1.807) is 4.68 Å². The number of aromatic amines is 2. The lowest BCUT2D eigenvalue weighted by atomic mass is 10.1. The highest BCUT2D eigenvalue weighted by Crippen LogP contribution is 2.27. The zero-order valence-corrected chi connectivity index (χ0v) is 16.7. The normalized spacial score (nSPS) is 11.3. The quantitative estimate of drug-likeness (QED) is 0.238. The van der Waals surface area contributed by atoms with Gasteiger partial charge >= 0.3 is 0 Å². The molecule has 0 aliphatic rings. The Morgan fingerprint density at radius 3 is 2.07 bits per heavy atom. The molecule has 0 unspecified atom stereocenters. The van der Waals surface area contributed by atoms with Crippen molar-refractivity contribution in [3.63, 3.8) is 0 Å². The first-order chi connectivity index (χ1) is 13.0. The summed E-state index contributed by atoms with van der Waals surface area (Å²) < 4.78 is 4.82. The van der Waals surface area contributed by atoms with Crippen molar-refractivity contribution in [1.29, 1.82) is 0 Å². The van der Waals surface area contributed by atoms with Crippen molar-refractivity contribution >= 4 is 24.4 Å². The van der Waals surface area contributed by atoms with Crippen LogP contribution in [0.2, 0.25) is 0 Å². The number of aromatic nitrogens is 9. The van der Waals surface area contributed by atoms with Gasteiger partial charge in [0.1, 0.15) is 5.69 Å². The topological polar surface area (TPSA) is 150 Å². The van der Waals surface area contributed by atoms with E-state index in [-0.39, 0.29) is 9.54 Å². The number of rotatable bonds is 9. The van der Waals surface area contributed by atoms with E-state index in [0.29, 0.717) is 29.6 Å². The summed E-state index contributed by atoms with van der Waals surface area (Å²) in [6.45, 7) is 2.87. The smallest absolute Gasteiger partial charge is 0.214 e. The molecule has 0 aromatic carbocycles. The van der Waals surface area contributed by atoms with Crippen molar-refractivity contribution in [3.8, 4) is 23.0 Å². The molecule has 3 aromatic heterocycles. The molecule has 3 rings (SSSR count). The molecule has 0 aliphatic carbocycles. The van der Waals surface area contributed by atoms with E-state index in [4.69, 9.17) is 36.1 Å². The van der Waals surface area contributed by atoms with E-state index < -0.39 is 0 Å². The third-order valence-electron chi connectivity index (χ3n) is 4.29. The molecule has 0 bridgehead atoms. The van der Waals surface area contributed by atoms with Crippen LogP contribution in [0.1, 0.15) is 45.4 Å². The van der Waals surface area contributed by atoms with Crippen LogP contribution in [0, 0.1) is 9.54 Å². The van der Waals surface area contributed by atoms with Gasteiger partial charge < -0.3 is 11.7 Å². The number of nitrogen functional groups attached to an aromatic ring is 2. The molecule has 3 heterocycles. The Morgan fingerprint density at radius 1 is 0.889 bits per heavy atom. The molecule has 6 N–H and O–H groups in total. The summed E-state index contributed by atoms with van der Waals surface area (Å²) >= 11 is 10.2. The summed E-state index contributed by atoms with van der Waals surface area (Å²) in [6.07, 6.45) is 7.00. The average Bonchev–Trinajstić information content (AvgIpc) is 3.31. The fraction of sp³-hybridized carbons (Fsp3) is 0.571. The van der Waals surface area contributed by atoms with Crippen LogP contribution in [0.25, 0.3) is 23.0 Å². The maximum atomic E-state index is 6.03. The minimum Gasteiger partial charge on any atom is -0.335 e. The largest absolute Gasteiger partial charge is 0.335 e. The van der Waals surface area contributed by atoms with Crippen LogP contribution in [0.15, 0.2) is 0 Å². The van der Waals surface area contributed by atoms with Crippen LogP contribution in [-0.4, -0.2) is 44.7 Å². The van der Waals surface area contributed by atoms with E-state index in [9.17, 15) is 0 Å². The molecule has 3 aromatic rings. The predicted molar refractivity (Wildman–Crippen MR) is 107 cm³/mol. The average molecular weight is 410 g/mol. The molecule has 0 amide bonds. The summed E-state index contributed by atoms with van der Waals surface area (Å²) in [6, 6.07) is 0. The molecule has 0 radical (unpaired) electrons. The van der Waals surface area contributed by atoms with Crippen molar-refractivity contribution in [2.24, 2.45) is 0 Å². The summed E-state index contributed by atoms with van der Waals surface area (Å²) in [4.78, 5) is 0. The lowest BCUT2D eigenvalue weighted by molar-refractivity contribution is 0.518. The van der Waals surface area contributed by atoms with E-state index in [0.717, 1.165) is 12.8 Å². The Bertz CT molecular complexity index is 1010. The lowest BCUT2D eigenvalue weighted by Crippen LogP contribution is -2.14. The summed E-state index contributed by atoms with van der Waals surface area (Å²) in [5.74, 6) is 12.7. The van der Waals surface area contributed by atoms with Gasteiger partial charge in [-0.2, -0.15) is 10.2 Å². The third-order valence-corrected chi connectivity index (χ3v) is 4.87. The van der Waals surface area contributed by atoms with Gasteiger partial charge in [0.25, 0.3) is 0 Å². The second kappa shape index (κ2) is 8.43. The zero-order chi connectivity index (χ0) is 19.4. The van der Waals surface area contributed by atoms with Gasteiger partial charge in [0.05, 0.1) is 0 Å². The molecule has 0 saturated heterocycles. The number of hydrogen-bond acceptors (Lipinski definition) is 8. The zero-order valence-electron chi connectivity index (χ0n) is 15.1. The molecule has 0 fully saturated rings. The third kappa shape index (κ3) is 3.93. The van der Waals surface area contributed by atoms with Crippen LogP contribution in [0.3, 0.4) is 0 Å². The molecule has 0 spiro atoms. The van der Waals surface area contributed by atoms with Crippen LogP contribution in [0.5, 0.6) is 0 Å².